The number of hydrogen-bond acceptors (Lipinski definition) is 3. The Morgan fingerprint density at radius 2 is 1.38 bits per heavy atom. The van der Waals surface area contributed by atoms with E-state index in [4.69, 9.17) is 5.41 Å². The van der Waals surface area contributed by atoms with Crippen LogP contribution in [0.2, 0.25) is 0 Å². The van der Waals surface area contributed by atoms with Gasteiger partial charge in [0.25, 0.3) is 0 Å². The first-order valence-corrected chi connectivity index (χ1v) is 8.28. The number of carbonyl (C=O) groups excluding carboxylic acids is 2. The lowest BCUT2D eigenvalue weighted by molar-refractivity contribution is -0.127. The number of nitrogens with one attached hydrogen (secondary N) is 3. The standard InChI is InChI=1S/C16H29N3O2/c1-3-5-7-9-11-16(12-10-8-6-4-2)13(17)18-15(21)19-14(16)20/h3-12H2,1-2H3,(H3,17,18,19,20,21). The third-order valence-electron chi connectivity index (χ3n) is 4.29. The van der Waals surface area contributed by atoms with Gasteiger partial charge in [-0.1, -0.05) is 65.2 Å². The predicted molar refractivity (Wildman–Crippen MR) is 84.4 cm³/mol. The average molecular weight is 295 g/mol. The molecule has 0 aromatic heterocycles. The van der Waals surface area contributed by atoms with E-state index in [2.05, 4.69) is 24.5 Å². The molecule has 3 amide bonds. The number of carbonyl (C=O) groups is 2. The van der Waals surface area contributed by atoms with Crippen molar-refractivity contribution in [2.45, 2.75) is 78.1 Å². The van der Waals surface area contributed by atoms with Crippen molar-refractivity contribution in [3.63, 3.8) is 0 Å². The second-order valence-corrected chi connectivity index (χ2v) is 5.99. The molecule has 1 aliphatic rings. The van der Waals surface area contributed by atoms with Gasteiger partial charge in [0.15, 0.2) is 0 Å². The van der Waals surface area contributed by atoms with Crippen molar-refractivity contribution in [1.29, 1.82) is 5.41 Å². The van der Waals surface area contributed by atoms with Gasteiger partial charge in [0.05, 0.1) is 0 Å². The van der Waals surface area contributed by atoms with E-state index in [0.29, 0.717) is 12.8 Å². The summed E-state index contributed by atoms with van der Waals surface area (Å²) in [6.07, 6.45) is 9.88. The summed E-state index contributed by atoms with van der Waals surface area (Å²) in [6, 6.07) is -0.567. The molecule has 0 aliphatic carbocycles. The smallest absolute Gasteiger partial charge is 0.295 e. The molecule has 0 aromatic rings. The highest BCUT2D eigenvalue weighted by Crippen LogP contribution is 2.34. The Balaban J connectivity index is 2.69. The molecule has 0 bridgehead atoms. The summed E-state index contributed by atoms with van der Waals surface area (Å²) in [5.74, 6) is -0.200. The van der Waals surface area contributed by atoms with Crippen LogP contribution in [0.4, 0.5) is 4.79 Å². The summed E-state index contributed by atoms with van der Waals surface area (Å²) >= 11 is 0. The van der Waals surface area contributed by atoms with E-state index < -0.39 is 11.4 Å². The van der Waals surface area contributed by atoms with E-state index in [9.17, 15) is 9.59 Å². The Kier molecular flexibility index (Phi) is 7.40. The third-order valence-corrected chi connectivity index (χ3v) is 4.29. The summed E-state index contributed by atoms with van der Waals surface area (Å²) < 4.78 is 0. The van der Waals surface area contributed by atoms with Crippen LogP contribution in [0.15, 0.2) is 0 Å². The van der Waals surface area contributed by atoms with Gasteiger partial charge in [0, 0.05) is 0 Å². The lowest BCUT2D eigenvalue weighted by atomic mass is 9.75. The number of unbranched alkanes of at least 4 members (excludes halogenated alkanes) is 6. The molecule has 5 heteroatoms. The van der Waals surface area contributed by atoms with Gasteiger partial charge in [-0.15, -0.1) is 0 Å². The van der Waals surface area contributed by atoms with E-state index in [-0.39, 0.29) is 11.7 Å². The number of urea groups is 1. The second-order valence-electron chi connectivity index (χ2n) is 5.99. The zero-order chi connectivity index (χ0) is 15.7. The summed E-state index contributed by atoms with van der Waals surface area (Å²) in [6.45, 7) is 4.30. The summed E-state index contributed by atoms with van der Waals surface area (Å²) in [5.41, 5.74) is -0.824. The van der Waals surface area contributed by atoms with Crippen LogP contribution in [-0.4, -0.2) is 17.8 Å². The summed E-state index contributed by atoms with van der Waals surface area (Å²) in [5, 5.41) is 13.0. The van der Waals surface area contributed by atoms with Crippen LogP contribution in [0.25, 0.3) is 0 Å². The maximum absolute atomic E-state index is 12.4. The Morgan fingerprint density at radius 3 is 1.81 bits per heavy atom. The number of amidine groups is 1. The fourth-order valence-electron chi connectivity index (χ4n) is 2.91. The number of amides is 3. The van der Waals surface area contributed by atoms with Crippen molar-refractivity contribution in [1.82, 2.24) is 10.6 Å². The van der Waals surface area contributed by atoms with Crippen LogP contribution in [0.3, 0.4) is 0 Å². The minimum atomic E-state index is -0.824. The van der Waals surface area contributed by atoms with Gasteiger partial charge in [-0.05, 0) is 12.8 Å². The van der Waals surface area contributed by atoms with Crippen molar-refractivity contribution < 1.29 is 9.59 Å². The van der Waals surface area contributed by atoms with E-state index >= 15 is 0 Å². The van der Waals surface area contributed by atoms with Crippen molar-refractivity contribution in [3.05, 3.63) is 0 Å². The Labute approximate surface area is 127 Å². The van der Waals surface area contributed by atoms with Crippen molar-refractivity contribution in [2.75, 3.05) is 0 Å². The Morgan fingerprint density at radius 1 is 0.857 bits per heavy atom. The molecule has 3 N–H and O–H groups in total. The van der Waals surface area contributed by atoms with Crippen LogP contribution in [0.5, 0.6) is 0 Å². The van der Waals surface area contributed by atoms with Gasteiger partial charge in [0.2, 0.25) is 5.91 Å². The number of imide groups is 1. The number of hydrogen-bond donors (Lipinski definition) is 3. The van der Waals surface area contributed by atoms with Crippen molar-refractivity contribution in [3.8, 4) is 0 Å². The molecule has 1 saturated heterocycles. The van der Waals surface area contributed by atoms with Crippen LogP contribution in [0.1, 0.15) is 78.1 Å². The molecule has 5 nitrogen and oxygen atoms in total. The lowest BCUT2D eigenvalue weighted by Gasteiger charge is -2.36. The normalized spacial score (nSPS) is 17.5. The zero-order valence-corrected chi connectivity index (χ0v) is 13.4. The largest absolute Gasteiger partial charge is 0.326 e. The highest BCUT2D eigenvalue weighted by atomic mass is 16.2. The van der Waals surface area contributed by atoms with Crippen LogP contribution < -0.4 is 10.6 Å². The van der Waals surface area contributed by atoms with Gasteiger partial charge in [-0.2, -0.15) is 0 Å². The zero-order valence-electron chi connectivity index (χ0n) is 13.4. The molecule has 1 heterocycles. The molecule has 120 valence electrons. The highest BCUT2D eigenvalue weighted by molar-refractivity contribution is 6.20. The van der Waals surface area contributed by atoms with Crippen LogP contribution in [0, 0.1) is 10.8 Å². The molecular formula is C16H29N3O2. The number of rotatable bonds is 10. The highest BCUT2D eigenvalue weighted by Gasteiger charge is 2.46. The van der Waals surface area contributed by atoms with Gasteiger partial charge in [0.1, 0.15) is 11.3 Å². The van der Waals surface area contributed by atoms with E-state index in [1.54, 1.807) is 0 Å². The first-order valence-electron chi connectivity index (χ1n) is 8.28. The molecule has 0 radical (unpaired) electrons. The van der Waals surface area contributed by atoms with Gasteiger partial charge >= 0.3 is 6.03 Å². The quantitative estimate of drug-likeness (QED) is 0.537. The molecule has 1 rings (SSSR count). The Bertz CT molecular complexity index is 346. The SMILES string of the molecule is CCCCCCC1(CCCCCC)C(=N)NC(=O)NC1=O. The van der Waals surface area contributed by atoms with Crippen molar-refractivity contribution >= 4 is 17.8 Å². The second kappa shape index (κ2) is 8.80. The minimum absolute atomic E-state index is 0.0873. The maximum atomic E-state index is 12.4. The fourth-order valence-corrected chi connectivity index (χ4v) is 2.91. The molecule has 21 heavy (non-hydrogen) atoms. The predicted octanol–water partition coefficient (Wildman–Crippen LogP) is 3.73. The van der Waals surface area contributed by atoms with Gasteiger partial charge in [-0.25, -0.2) is 4.79 Å². The topological polar surface area (TPSA) is 82.1 Å². The first-order chi connectivity index (χ1) is 10.1. The molecule has 0 spiro atoms. The maximum Gasteiger partial charge on any atom is 0.326 e. The van der Waals surface area contributed by atoms with Gasteiger partial charge < -0.3 is 0 Å². The van der Waals surface area contributed by atoms with Crippen molar-refractivity contribution in [2.24, 2.45) is 5.41 Å². The molecular weight excluding hydrogens is 266 g/mol. The summed E-state index contributed by atoms with van der Waals surface area (Å²) in [7, 11) is 0. The average Bonchev–Trinajstić information content (AvgIpc) is 2.44. The Hall–Kier alpha value is -1.39. The molecule has 0 unspecified atom stereocenters. The monoisotopic (exact) mass is 295 g/mol. The van der Waals surface area contributed by atoms with E-state index in [1.807, 2.05) is 0 Å². The first kappa shape index (κ1) is 17.7. The summed E-state index contributed by atoms with van der Waals surface area (Å²) in [4.78, 5) is 23.7. The van der Waals surface area contributed by atoms with Crippen LogP contribution >= 0.6 is 0 Å². The fraction of sp³-hybridized carbons (Fsp3) is 0.812. The van der Waals surface area contributed by atoms with E-state index in [0.717, 1.165) is 51.4 Å². The van der Waals surface area contributed by atoms with Crippen LogP contribution in [-0.2, 0) is 4.79 Å². The van der Waals surface area contributed by atoms with Gasteiger partial charge in [-0.3, -0.25) is 20.8 Å². The molecule has 0 atom stereocenters. The molecule has 1 fully saturated rings. The molecule has 0 saturated carbocycles. The molecule has 0 aromatic carbocycles. The minimum Gasteiger partial charge on any atom is -0.295 e. The third kappa shape index (κ3) is 4.83. The van der Waals surface area contributed by atoms with E-state index in [1.165, 1.54) is 0 Å². The lowest BCUT2D eigenvalue weighted by Crippen LogP contribution is -2.62. The molecule has 1 aliphatic heterocycles.